The lowest BCUT2D eigenvalue weighted by atomic mass is 10.1. The third kappa shape index (κ3) is 0.778. The maximum Gasteiger partial charge on any atom is 0.0919 e. The lowest BCUT2D eigenvalue weighted by Crippen LogP contribution is -2.01. The molecular weight excluding hydrogens is 192 g/mol. The minimum absolute atomic E-state index is 0.294. The number of azo groups is 1. The van der Waals surface area contributed by atoms with Gasteiger partial charge in [0.25, 0.3) is 0 Å². The molecular formula is C7H5BrN2. The van der Waals surface area contributed by atoms with E-state index in [1.807, 2.05) is 12.2 Å². The Bertz CT molecular complexity index is 273. The number of rotatable bonds is 0. The van der Waals surface area contributed by atoms with E-state index in [0.29, 0.717) is 4.83 Å². The summed E-state index contributed by atoms with van der Waals surface area (Å²) in [6.45, 7) is 0. The van der Waals surface area contributed by atoms with Gasteiger partial charge in [0.05, 0.1) is 16.7 Å². The fourth-order valence-electron chi connectivity index (χ4n) is 0.967. The minimum atomic E-state index is 0.294. The largest absolute Gasteiger partial charge is 0.158 e. The Labute approximate surface area is 67.2 Å². The van der Waals surface area contributed by atoms with Gasteiger partial charge in [0.1, 0.15) is 0 Å². The van der Waals surface area contributed by atoms with Gasteiger partial charge in [0.15, 0.2) is 0 Å². The van der Waals surface area contributed by atoms with Crippen molar-refractivity contribution in [2.24, 2.45) is 10.2 Å². The van der Waals surface area contributed by atoms with Crippen molar-refractivity contribution in [2.75, 3.05) is 0 Å². The zero-order chi connectivity index (χ0) is 6.97. The van der Waals surface area contributed by atoms with E-state index in [1.165, 1.54) is 0 Å². The van der Waals surface area contributed by atoms with E-state index in [9.17, 15) is 0 Å². The Morgan fingerprint density at radius 3 is 3.20 bits per heavy atom. The first-order chi connectivity index (χ1) is 4.88. The first kappa shape index (κ1) is 6.04. The van der Waals surface area contributed by atoms with Crippen molar-refractivity contribution < 1.29 is 0 Å². The lowest BCUT2D eigenvalue weighted by Gasteiger charge is -2.08. The Kier molecular flexibility index (Phi) is 1.31. The molecule has 1 aliphatic heterocycles. The summed E-state index contributed by atoms with van der Waals surface area (Å²) < 4.78 is 0. The van der Waals surface area contributed by atoms with Crippen molar-refractivity contribution in [3.8, 4) is 0 Å². The molecule has 0 aromatic carbocycles. The molecule has 1 atom stereocenters. The molecule has 0 bridgehead atoms. The third-order valence-electron chi connectivity index (χ3n) is 1.49. The van der Waals surface area contributed by atoms with Gasteiger partial charge in [-0.2, -0.15) is 10.2 Å². The van der Waals surface area contributed by atoms with Gasteiger partial charge in [0.2, 0.25) is 0 Å². The summed E-state index contributed by atoms with van der Waals surface area (Å²) >= 11 is 3.48. The van der Waals surface area contributed by atoms with Crippen LogP contribution in [0.3, 0.4) is 0 Å². The van der Waals surface area contributed by atoms with Gasteiger partial charge in [-0.25, -0.2) is 0 Å². The molecule has 0 saturated carbocycles. The quantitative estimate of drug-likeness (QED) is 0.533. The van der Waals surface area contributed by atoms with E-state index in [1.54, 1.807) is 6.20 Å². The standard InChI is InChI=1S/C7H5BrN2/c8-6-2-1-3-7-5(6)4-9-10-7/h1-4,6H/t6-/m0/s1. The molecule has 0 unspecified atom stereocenters. The second kappa shape index (κ2) is 2.16. The van der Waals surface area contributed by atoms with Crippen molar-refractivity contribution in [3.63, 3.8) is 0 Å². The van der Waals surface area contributed by atoms with Crippen molar-refractivity contribution >= 4 is 15.9 Å². The minimum Gasteiger partial charge on any atom is -0.158 e. The van der Waals surface area contributed by atoms with Crippen LogP contribution in [-0.2, 0) is 0 Å². The topological polar surface area (TPSA) is 24.7 Å². The molecule has 0 aromatic rings. The Morgan fingerprint density at radius 2 is 2.40 bits per heavy atom. The van der Waals surface area contributed by atoms with Crippen LogP contribution in [0.4, 0.5) is 0 Å². The van der Waals surface area contributed by atoms with Crippen LogP contribution >= 0.6 is 15.9 Å². The maximum atomic E-state index is 3.92. The van der Waals surface area contributed by atoms with Crippen LogP contribution in [0.1, 0.15) is 0 Å². The number of hydrogen-bond acceptors (Lipinski definition) is 2. The van der Waals surface area contributed by atoms with Crippen LogP contribution < -0.4 is 0 Å². The van der Waals surface area contributed by atoms with Crippen LogP contribution in [0.25, 0.3) is 0 Å². The van der Waals surface area contributed by atoms with Gasteiger partial charge in [-0.3, -0.25) is 0 Å². The van der Waals surface area contributed by atoms with Gasteiger partial charge in [-0.05, 0) is 6.08 Å². The highest BCUT2D eigenvalue weighted by Gasteiger charge is 2.17. The average Bonchev–Trinajstić information content (AvgIpc) is 2.36. The normalized spacial score (nSPS) is 27.9. The molecule has 10 heavy (non-hydrogen) atoms. The van der Waals surface area contributed by atoms with E-state index in [2.05, 4.69) is 32.2 Å². The molecule has 0 amide bonds. The van der Waals surface area contributed by atoms with Crippen molar-refractivity contribution in [2.45, 2.75) is 4.83 Å². The Balaban J connectivity index is 2.45. The Hall–Kier alpha value is -0.700. The van der Waals surface area contributed by atoms with Crippen molar-refractivity contribution in [1.82, 2.24) is 0 Å². The molecule has 0 fully saturated rings. The average molecular weight is 197 g/mol. The highest BCUT2D eigenvalue weighted by molar-refractivity contribution is 9.09. The zero-order valence-corrected chi connectivity index (χ0v) is 6.75. The predicted molar refractivity (Wildman–Crippen MR) is 42.9 cm³/mol. The highest BCUT2D eigenvalue weighted by atomic mass is 79.9. The number of nitrogens with zero attached hydrogens (tertiary/aromatic N) is 2. The van der Waals surface area contributed by atoms with E-state index < -0.39 is 0 Å². The molecule has 2 aliphatic rings. The highest BCUT2D eigenvalue weighted by Crippen LogP contribution is 2.30. The molecule has 1 heterocycles. The second-order valence-corrected chi connectivity index (χ2v) is 3.12. The summed E-state index contributed by atoms with van der Waals surface area (Å²) in [6.07, 6.45) is 7.79. The van der Waals surface area contributed by atoms with E-state index in [4.69, 9.17) is 0 Å². The fraction of sp³-hybridized carbons (Fsp3) is 0.143. The molecule has 2 nitrogen and oxygen atoms in total. The number of alkyl halides is 1. The molecule has 0 N–H and O–H groups in total. The molecule has 1 aliphatic carbocycles. The molecule has 50 valence electrons. The summed E-state index contributed by atoms with van der Waals surface area (Å²) in [4.78, 5) is 0.294. The summed E-state index contributed by atoms with van der Waals surface area (Å²) in [5, 5.41) is 7.72. The Morgan fingerprint density at radius 1 is 1.50 bits per heavy atom. The van der Waals surface area contributed by atoms with Crippen molar-refractivity contribution in [1.29, 1.82) is 0 Å². The first-order valence-electron chi connectivity index (χ1n) is 3.02. The number of halogens is 1. The zero-order valence-electron chi connectivity index (χ0n) is 5.16. The van der Waals surface area contributed by atoms with Crippen LogP contribution in [0, 0.1) is 0 Å². The molecule has 2 rings (SSSR count). The van der Waals surface area contributed by atoms with Gasteiger partial charge < -0.3 is 0 Å². The number of fused-ring (bicyclic) bond motifs is 1. The van der Waals surface area contributed by atoms with Gasteiger partial charge in [-0.15, -0.1) is 0 Å². The van der Waals surface area contributed by atoms with Crippen LogP contribution in [-0.4, -0.2) is 4.83 Å². The SMILES string of the molecule is Br[C@H]1C=CC=C2N=NC=C21. The summed E-state index contributed by atoms with van der Waals surface area (Å²) in [5.74, 6) is 0. The van der Waals surface area contributed by atoms with Crippen LogP contribution in [0.5, 0.6) is 0 Å². The summed E-state index contributed by atoms with van der Waals surface area (Å²) in [5.41, 5.74) is 2.13. The summed E-state index contributed by atoms with van der Waals surface area (Å²) in [6, 6.07) is 0. The summed E-state index contributed by atoms with van der Waals surface area (Å²) in [7, 11) is 0. The second-order valence-electron chi connectivity index (χ2n) is 2.14. The van der Waals surface area contributed by atoms with Gasteiger partial charge in [0, 0.05) is 5.57 Å². The fourth-order valence-corrected chi connectivity index (χ4v) is 1.50. The smallest absolute Gasteiger partial charge is 0.0919 e. The van der Waals surface area contributed by atoms with Gasteiger partial charge >= 0.3 is 0 Å². The number of hydrogen-bond donors (Lipinski definition) is 0. The third-order valence-corrected chi connectivity index (χ3v) is 2.29. The van der Waals surface area contributed by atoms with Gasteiger partial charge in [-0.1, -0.05) is 28.1 Å². The lowest BCUT2D eigenvalue weighted by molar-refractivity contribution is 1.18. The van der Waals surface area contributed by atoms with Crippen molar-refractivity contribution in [3.05, 3.63) is 35.7 Å². The molecule has 0 spiro atoms. The predicted octanol–water partition coefficient (Wildman–Crippen LogP) is 2.55. The van der Waals surface area contributed by atoms with Crippen LogP contribution in [0.15, 0.2) is 45.9 Å². The number of allylic oxidation sites excluding steroid dienone is 4. The monoisotopic (exact) mass is 196 g/mol. The van der Waals surface area contributed by atoms with Crippen LogP contribution in [0.2, 0.25) is 0 Å². The van der Waals surface area contributed by atoms with E-state index in [0.717, 1.165) is 11.3 Å². The first-order valence-corrected chi connectivity index (χ1v) is 3.93. The van der Waals surface area contributed by atoms with E-state index in [-0.39, 0.29) is 0 Å². The molecule has 3 heteroatoms. The molecule has 0 saturated heterocycles. The maximum absolute atomic E-state index is 3.92. The molecule has 0 aromatic heterocycles. The molecule has 0 radical (unpaired) electrons. The van der Waals surface area contributed by atoms with E-state index >= 15 is 0 Å².